The molecule has 5 nitrogen and oxygen atoms in total. The molecule has 0 aromatic heterocycles. The second-order valence-electron chi connectivity index (χ2n) is 5.94. The van der Waals surface area contributed by atoms with Crippen molar-refractivity contribution in [3.63, 3.8) is 0 Å². The molecule has 3 rings (SSSR count). The molecular formula is C17H24N2O3. The van der Waals surface area contributed by atoms with E-state index in [4.69, 9.17) is 15.2 Å². The van der Waals surface area contributed by atoms with Crippen LogP contribution in [0.1, 0.15) is 34.3 Å². The van der Waals surface area contributed by atoms with Gasteiger partial charge in [-0.15, -0.1) is 0 Å². The minimum Gasteiger partial charge on any atom is -0.492 e. The molecule has 0 spiro atoms. The molecule has 1 fully saturated rings. The number of nitrogens with two attached hydrogens (primary N) is 1. The van der Waals surface area contributed by atoms with Crippen molar-refractivity contribution in [2.75, 3.05) is 39.5 Å². The quantitative estimate of drug-likeness (QED) is 0.892. The Morgan fingerprint density at radius 3 is 2.64 bits per heavy atom. The summed E-state index contributed by atoms with van der Waals surface area (Å²) in [6.07, 6.45) is 4.16. The molecule has 5 heteroatoms. The number of ether oxygens (including phenoxy) is 2. The lowest BCUT2D eigenvalue weighted by Gasteiger charge is -2.27. The zero-order valence-corrected chi connectivity index (χ0v) is 13.0. The second-order valence-corrected chi connectivity index (χ2v) is 5.94. The van der Waals surface area contributed by atoms with Crippen molar-refractivity contribution in [1.82, 2.24) is 4.90 Å². The first-order chi connectivity index (χ1) is 10.8. The van der Waals surface area contributed by atoms with Crippen LogP contribution in [0.15, 0.2) is 12.1 Å². The first-order valence-corrected chi connectivity index (χ1v) is 8.13. The van der Waals surface area contributed by atoms with E-state index in [1.807, 2.05) is 12.1 Å². The number of nitrogens with zero attached hydrogens (tertiary/aromatic N) is 1. The summed E-state index contributed by atoms with van der Waals surface area (Å²) >= 11 is 0. The predicted octanol–water partition coefficient (Wildman–Crippen LogP) is 1.38. The molecule has 0 bridgehead atoms. The number of fused-ring (bicyclic) bond motifs is 1. The zero-order chi connectivity index (χ0) is 15.4. The Morgan fingerprint density at radius 2 is 1.91 bits per heavy atom. The van der Waals surface area contributed by atoms with Gasteiger partial charge in [-0.1, -0.05) is 0 Å². The summed E-state index contributed by atoms with van der Waals surface area (Å²) in [5.41, 5.74) is 8.43. The van der Waals surface area contributed by atoms with E-state index in [2.05, 4.69) is 4.90 Å². The fourth-order valence-corrected chi connectivity index (χ4v) is 3.31. The molecule has 1 aliphatic carbocycles. The molecule has 0 saturated carbocycles. The van der Waals surface area contributed by atoms with E-state index in [9.17, 15) is 4.79 Å². The van der Waals surface area contributed by atoms with Crippen molar-refractivity contribution in [2.45, 2.75) is 25.7 Å². The number of morpholine rings is 1. The van der Waals surface area contributed by atoms with Gasteiger partial charge in [0.15, 0.2) is 0 Å². The molecule has 0 atom stereocenters. The smallest absolute Gasteiger partial charge is 0.248 e. The molecular weight excluding hydrogens is 280 g/mol. The standard InChI is InChI=1S/C17H24N2O3/c18-17(20)15-5-6-16(14-4-2-1-3-13(14)15)22-12-9-19-7-10-21-11-8-19/h5-6H,1-4,7-12H2,(H2,18,20). The Balaban J connectivity index is 1.67. The Bertz CT molecular complexity index is 539. The number of amides is 1. The van der Waals surface area contributed by atoms with Gasteiger partial charge in [0.05, 0.1) is 13.2 Å². The molecule has 1 aromatic rings. The SMILES string of the molecule is NC(=O)c1ccc(OCCN2CCOCC2)c2c1CCCC2. The van der Waals surface area contributed by atoms with Gasteiger partial charge in [0.1, 0.15) is 12.4 Å². The third-order valence-corrected chi connectivity index (χ3v) is 4.53. The molecule has 2 aliphatic rings. The highest BCUT2D eigenvalue weighted by atomic mass is 16.5. The number of rotatable bonds is 5. The fourth-order valence-electron chi connectivity index (χ4n) is 3.31. The van der Waals surface area contributed by atoms with Gasteiger partial charge in [-0.05, 0) is 48.9 Å². The van der Waals surface area contributed by atoms with Crippen LogP contribution < -0.4 is 10.5 Å². The lowest BCUT2D eigenvalue weighted by atomic mass is 9.87. The van der Waals surface area contributed by atoms with E-state index >= 15 is 0 Å². The third kappa shape index (κ3) is 3.42. The van der Waals surface area contributed by atoms with Crippen molar-refractivity contribution < 1.29 is 14.3 Å². The molecule has 2 N–H and O–H groups in total. The summed E-state index contributed by atoms with van der Waals surface area (Å²) in [6.45, 7) is 5.15. The Kier molecular flexibility index (Phi) is 4.95. The van der Waals surface area contributed by atoms with E-state index < -0.39 is 0 Å². The average molecular weight is 304 g/mol. The van der Waals surface area contributed by atoms with Crippen LogP contribution in [0.4, 0.5) is 0 Å². The van der Waals surface area contributed by atoms with E-state index in [-0.39, 0.29) is 5.91 Å². The monoisotopic (exact) mass is 304 g/mol. The largest absolute Gasteiger partial charge is 0.492 e. The number of hydrogen-bond acceptors (Lipinski definition) is 4. The van der Waals surface area contributed by atoms with Crippen LogP contribution in [0.25, 0.3) is 0 Å². The normalized spacial score (nSPS) is 18.7. The van der Waals surface area contributed by atoms with Crippen LogP contribution in [-0.4, -0.2) is 50.3 Å². The molecule has 1 saturated heterocycles. The van der Waals surface area contributed by atoms with Crippen LogP contribution in [0.3, 0.4) is 0 Å². The molecule has 1 heterocycles. The van der Waals surface area contributed by atoms with Gasteiger partial charge in [0.2, 0.25) is 5.91 Å². The average Bonchev–Trinajstić information content (AvgIpc) is 2.55. The van der Waals surface area contributed by atoms with E-state index in [1.165, 1.54) is 5.56 Å². The number of benzene rings is 1. The highest BCUT2D eigenvalue weighted by molar-refractivity contribution is 5.95. The summed E-state index contributed by atoms with van der Waals surface area (Å²) in [7, 11) is 0. The topological polar surface area (TPSA) is 64.8 Å². The maximum Gasteiger partial charge on any atom is 0.248 e. The van der Waals surface area contributed by atoms with Crippen LogP contribution in [0.2, 0.25) is 0 Å². The first-order valence-electron chi connectivity index (χ1n) is 8.13. The third-order valence-electron chi connectivity index (χ3n) is 4.53. The van der Waals surface area contributed by atoms with Crippen LogP contribution in [0, 0.1) is 0 Å². The molecule has 120 valence electrons. The lowest BCUT2D eigenvalue weighted by Crippen LogP contribution is -2.38. The number of carbonyl (C=O) groups is 1. The van der Waals surface area contributed by atoms with Gasteiger partial charge >= 0.3 is 0 Å². The Morgan fingerprint density at radius 1 is 1.18 bits per heavy atom. The summed E-state index contributed by atoms with van der Waals surface area (Å²) in [5.74, 6) is 0.589. The van der Waals surface area contributed by atoms with Crippen molar-refractivity contribution >= 4 is 5.91 Å². The number of carbonyl (C=O) groups excluding carboxylic acids is 1. The van der Waals surface area contributed by atoms with Crippen molar-refractivity contribution in [3.8, 4) is 5.75 Å². The minimum absolute atomic E-state index is 0.335. The maximum absolute atomic E-state index is 11.6. The highest BCUT2D eigenvalue weighted by Gasteiger charge is 2.20. The summed E-state index contributed by atoms with van der Waals surface area (Å²) in [4.78, 5) is 13.9. The molecule has 0 radical (unpaired) electrons. The summed E-state index contributed by atoms with van der Waals surface area (Å²) in [5, 5.41) is 0. The molecule has 1 amide bonds. The van der Waals surface area contributed by atoms with E-state index in [1.54, 1.807) is 0 Å². The van der Waals surface area contributed by atoms with Gasteiger partial charge in [-0.25, -0.2) is 0 Å². The van der Waals surface area contributed by atoms with Gasteiger partial charge in [0.25, 0.3) is 0 Å². The molecule has 1 aliphatic heterocycles. The van der Waals surface area contributed by atoms with Gasteiger partial charge in [-0.2, -0.15) is 0 Å². The predicted molar refractivity (Wildman–Crippen MR) is 84.4 cm³/mol. The van der Waals surface area contributed by atoms with E-state index in [0.717, 1.165) is 69.8 Å². The van der Waals surface area contributed by atoms with Crippen LogP contribution in [0.5, 0.6) is 5.75 Å². The lowest BCUT2D eigenvalue weighted by molar-refractivity contribution is 0.0322. The number of hydrogen-bond donors (Lipinski definition) is 1. The molecule has 0 unspecified atom stereocenters. The van der Waals surface area contributed by atoms with Gasteiger partial charge < -0.3 is 15.2 Å². The van der Waals surface area contributed by atoms with Crippen molar-refractivity contribution in [3.05, 3.63) is 28.8 Å². The van der Waals surface area contributed by atoms with Crippen LogP contribution in [-0.2, 0) is 17.6 Å². The highest BCUT2D eigenvalue weighted by Crippen LogP contribution is 2.32. The van der Waals surface area contributed by atoms with Gasteiger partial charge in [0, 0.05) is 25.2 Å². The first kappa shape index (κ1) is 15.3. The van der Waals surface area contributed by atoms with E-state index in [0.29, 0.717) is 12.2 Å². The van der Waals surface area contributed by atoms with Crippen molar-refractivity contribution in [2.24, 2.45) is 5.73 Å². The maximum atomic E-state index is 11.6. The summed E-state index contributed by atoms with van der Waals surface area (Å²) in [6, 6.07) is 3.72. The Hall–Kier alpha value is -1.59. The minimum atomic E-state index is -0.335. The number of primary amides is 1. The Labute approximate surface area is 131 Å². The van der Waals surface area contributed by atoms with Gasteiger partial charge in [-0.3, -0.25) is 9.69 Å². The second kappa shape index (κ2) is 7.11. The molecule has 22 heavy (non-hydrogen) atoms. The van der Waals surface area contributed by atoms with Crippen molar-refractivity contribution in [1.29, 1.82) is 0 Å². The fraction of sp³-hybridized carbons (Fsp3) is 0.588. The summed E-state index contributed by atoms with van der Waals surface area (Å²) < 4.78 is 11.4. The molecule has 1 aromatic carbocycles. The van der Waals surface area contributed by atoms with Crippen LogP contribution >= 0.6 is 0 Å². The zero-order valence-electron chi connectivity index (χ0n) is 13.0.